The Morgan fingerprint density at radius 3 is 2.48 bits per heavy atom. The zero-order chi connectivity index (χ0) is 17.2. The van der Waals surface area contributed by atoms with Gasteiger partial charge in [0.05, 0.1) is 12.2 Å². The van der Waals surface area contributed by atoms with Crippen LogP contribution in [0.4, 0.5) is 11.6 Å². The standard InChI is InChI=1S/C16H22N8O/c1-11-9-12(20-23(11)2)10-17-15-16(24-7-5-3-4-6-8-24)19-14-13(18-15)21-25-22-14/h9H,3-8,10H2,1-2H3,(H,17,18,21). The number of aryl methyl sites for hydroxylation is 2. The molecule has 4 heterocycles. The lowest BCUT2D eigenvalue weighted by Crippen LogP contribution is -2.26. The maximum absolute atomic E-state index is 4.78. The lowest BCUT2D eigenvalue weighted by Gasteiger charge is -2.23. The first kappa shape index (κ1) is 15.8. The highest BCUT2D eigenvalue weighted by Gasteiger charge is 2.19. The van der Waals surface area contributed by atoms with Crippen LogP contribution in [0.1, 0.15) is 37.1 Å². The summed E-state index contributed by atoms with van der Waals surface area (Å²) in [6.45, 7) is 4.56. The molecule has 3 aromatic rings. The summed E-state index contributed by atoms with van der Waals surface area (Å²) >= 11 is 0. The molecule has 1 saturated heterocycles. The zero-order valence-corrected chi connectivity index (χ0v) is 14.6. The lowest BCUT2D eigenvalue weighted by atomic mass is 10.2. The van der Waals surface area contributed by atoms with Crippen molar-refractivity contribution in [3.63, 3.8) is 0 Å². The average molecular weight is 342 g/mol. The molecule has 9 nitrogen and oxygen atoms in total. The SMILES string of the molecule is Cc1cc(CNc2nc3nonc3nc2N2CCCCCC2)nn1C. The number of hydrogen-bond donors (Lipinski definition) is 1. The van der Waals surface area contributed by atoms with Gasteiger partial charge in [-0.25, -0.2) is 14.6 Å². The van der Waals surface area contributed by atoms with Crippen molar-refractivity contribution in [2.45, 2.75) is 39.2 Å². The summed E-state index contributed by atoms with van der Waals surface area (Å²) in [7, 11) is 1.94. The summed E-state index contributed by atoms with van der Waals surface area (Å²) in [6.07, 6.45) is 4.84. The van der Waals surface area contributed by atoms with Gasteiger partial charge in [-0.3, -0.25) is 4.68 Å². The van der Waals surface area contributed by atoms with Gasteiger partial charge in [0.1, 0.15) is 0 Å². The summed E-state index contributed by atoms with van der Waals surface area (Å²) in [6, 6.07) is 2.06. The number of rotatable bonds is 4. The Morgan fingerprint density at radius 2 is 1.80 bits per heavy atom. The Kier molecular flexibility index (Phi) is 4.21. The summed E-state index contributed by atoms with van der Waals surface area (Å²) in [5.41, 5.74) is 2.94. The average Bonchev–Trinajstić information content (AvgIpc) is 3.07. The van der Waals surface area contributed by atoms with Crippen molar-refractivity contribution in [3.05, 3.63) is 17.5 Å². The Hall–Kier alpha value is -2.71. The monoisotopic (exact) mass is 342 g/mol. The van der Waals surface area contributed by atoms with Crippen LogP contribution in [0.25, 0.3) is 11.3 Å². The van der Waals surface area contributed by atoms with E-state index in [9.17, 15) is 0 Å². The van der Waals surface area contributed by atoms with Crippen LogP contribution in [-0.2, 0) is 13.6 Å². The fourth-order valence-electron chi connectivity index (χ4n) is 3.15. The van der Waals surface area contributed by atoms with E-state index in [1.807, 2.05) is 18.7 Å². The second-order valence-corrected chi connectivity index (χ2v) is 6.46. The molecule has 3 aromatic heterocycles. The van der Waals surface area contributed by atoms with Gasteiger partial charge in [0, 0.05) is 25.8 Å². The van der Waals surface area contributed by atoms with Gasteiger partial charge < -0.3 is 10.2 Å². The van der Waals surface area contributed by atoms with E-state index in [1.165, 1.54) is 12.8 Å². The quantitative estimate of drug-likeness (QED) is 0.769. The van der Waals surface area contributed by atoms with Crippen molar-refractivity contribution in [3.8, 4) is 0 Å². The van der Waals surface area contributed by atoms with E-state index in [0.29, 0.717) is 23.7 Å². The van der Waals surface area contributed by atoms with Crippen molar-refractivity contribution in [1.29, 1.82) is 0 Å². The van der Waals surface area contributed by atoms with Gasteiger partial charge >= 0.3 is 0 Å². The summed E-state index contributed by atoms with van der Waals surface area (Å²) in [4.78, 5) is 11.5. The van der Waals surface area contributed by atoms with E-state index in [0.717, 1.165) is 43.1 Å². The molecule has 4 rings (SSSR count). The molecule has 0 amide bonds. The highest BCUT2D eigenvalue weighted by atomic mass is 16.6. The Bertz CT molecular complexity index is 843. The van der Waals surface area contributed by atoms with Gasteiger partial charge in [-0.1, -0.05) is 12.8 Å². The lowest BCUT2D eigenvalue weighted by molar-refractivity contribution is 0.314. The molecule has 1 fully saturated rings. The molecule has 1 aliphatic heterocycles. The number of hydrogen-bond acceptors (Lipinski definition) is 8. The van der Waals surface area contributed by atoms with Crippen LogP contribution in [0.3, 0.4) is 0 Å². The Labute approximate surface area is 145 Å². The molecule has 0 saturated carbocycles. The molecular weight excluding hydrogens is 320 g/mol. The van der Waals surface area contributed by atoms with E-state index in [1.54, 1.807) is 0 Å². The third-order valence-corrected chi connectivity index (χ3v) is 4.60. The van der Waals surface area contributed by atoms with Crippen LogP contribution >= 0.6 is 0 Å². The smallest absolute Gasteiger partial charge is 0.245 e. The van der Waals surface area contributed by atoms with Crippen LogP contribution in [0.2, 0.25) is 0 Å². The summed E-state index contributed by atoms with van der Waals surface area (Å²) in [5, 5.41) is 15.5. The molecule has 0 aromatic carbocycles. The highest BCUT2D eigenvalue weighted by molar-refractivity contribution is 5.74. The minimum Gasteiger partial charge on any atom is -0.361 e. The van der Waals surface area contributed by atoms with Gasteiger partial charge in [-0.05, 0) is 36.1 Å². The van der Waals surface area contributed by atoms with E-state index in [4.69, 9.17) is 4.63 Å². The summed E-state index contributed by atoms with van der Waals surface area (Å²) < 4.78 is 6.65. The fourth-order valence-corrected chi connectivity index (χ4v) is 3.15. The predicted molar refractivity (Wildman–Crippen MR) is 93.3 cm³/mol. The molecule has 132 valence electrons. The second kappa shape index (κ2) is 6.66. The number of fused-ring (bicyclic) bond motifs is 1. The van der Waals surface area contributed by atoms with Crippen LogP contribution in [0.15, 0.2) is 10.7 Å². The molecule has 0 unspecified atom stereocenters. The topological polar surface area (TPSA) is 97.8 Å². The first-order valence-electron chi connectivity index (χ1n) is 8.69. The Balaban J connectivity index is 1.63. The molecule has 0 spiro atoms. The van der Waals surface area contributed by atoms with Crippen LogP contribution in [0, 0.1) is 6.92 Å². The largest absolute Gasteiger partial charge is 0.361 e. The highest BCUT2D eigenvalue weighted by Crippen LogP contribution is 2.26. The van der Waals surface area contributed by atoms with Crippen LogP contribution in [0.5, 0.6) is 0 Å². The normalized spacial score (nSPS) is 15.5. The van der Waals surface area contributed by atoms with E-state index < -0.39 is 0 Å². The summed E-state index contributed by atoms with van der Waals surface area (Å²) in [5.74, 6) is 1.52. The maximum Gasteiger partial charge on any atom is 0.245 e. The zero-order valence-electron chi connectivity index (χ0n) is 14.6. The maximum atomic E-state index is 4.78. The molecule has 0 atom stereocenters. The minimum absolute atomic E-state index is 0.415. The molecule has 0 aliphatic carbocycles. The van der Waals surface area contributed by atoms with Crippen molar-refractivity contribution < 1.29 is 4.63 Å². The number of aromatic nitrogens is 6. The van der Waals surface area contributed by atoms with E-state index in [2.05, 4.69) is 41.7 Å². The van der Waals surface area contributed by atoms with E-state index in [-0.39, 0.29) is 0 Å². The van der Waals surface area contributed by atoms with Crippen LogP contribution < -0.4 is 10.2 Å². The molecule has 0 bridgehead atoms. The molecule has 25 heavy (non-hydrogen) atoms. The van der Waals surface area contributed by atoms with Gasteiger partial charge in [0.25, 0.3) is 0 Å². The molecule has 9 heteroatoms. The van der Waals surface area contributed by atoms with Gasteiger partial charge in [-0.2, -0.15) is 5.10 Å². The number of nitrogens with one attached hydrogen (secondary N) is 1. The van der Waals surface area contributed by atoms with Crippen molar-refractivity contribution in [2.24, 2.45) is 7.05 Å². The minimum atomic E-state index is 0.415. The van der Waals surface area contributed by atoms with Gasteiger partial charge in [0.2, 0.25) is 11.3 Å². The first-order chi connectivity index (χ1) is 12.2. The number of nitrogens with zero attached hydrogens (tertiary/aromatic N) is 7. The van der Waals surface area contributed by atoms with Crippen molar-refractivity contribution >= 4 is 22.9 Å². The van der Waals surface area contributed by atoms with Crippen molar-refractivity contribution in [2.75, 3.05) is 23.3 Å². The number of anilines is 2. The second-order valence-electron chi connectivity index (χ2n) is 6.46. The molecule has 1 aliphatic rings. The predicted octanol–water partition coefficient (Wildman–Crippen LogP) is 2.05. The van der Waals surface area contributed by atoms with Gasteiger partial charge in [-0.15, -0.1) is 0 Å². The molecule has 1 N–H and O–H groups in total. The van der Waals surface area contributed by atoms with Gasteiger partial charge in [0.15, 0.2) is 11.6 Å². The molecule has 0 radical (unpaired) electrons. The molecular formula is C16H22N8O. The third-order valence-electron chi connectivity index (χ3n) is 4.60. The van der Waals surface area contributed by atoms with Crippen LogP contribution in [-0.4, -0.2) is 43.2 Å². The fraction of sp³-hybridized carbons (Fsp3) is 0.562. The Morgan fingerprint density at radius 1 is 1.08 bits per heavy atom. The van der Waals surface area contributed by atoms with E-state index >= 15 is 0 Å². The first-order valence-corrected chi connectivity index (χ1v) is 8.69. The van der Waals surface area contributed by atoms with Crippen molar-refractivity contribution in [1.82, 2.24) is 30.1 Å². The third kappa shape index (κ3) is 3.26.